The number of amides is 3. The van der Waals surface area contributed by atoms with Crippen molar-refractivity contribution < 1.29 is 19.1 Å². The predicted molar refractivity (Wildman–Crippen MR) is 132 cm³/mol. The average molecular weight is 479 g/mol. The maximum Gasteiger partial charge on any atom is 0.411 e. The van der Waals surface area contributed by atoms with Gasteiger partial charge in [0.25, 0.3) is 0 Å². The average Bonchev–Trinajstić information content (AvgIpc) is 2.86. The monoisotopic (exact) mass is 478 g/mol. The maximum atomic E-state index is 13.5. The summed E-state index contributed by atoms with van der Waals surface area (Å²) in [5, 5.41) is 0. The summed E-state index contributed by atoms with van der Waals surface area (Å²) in [6, 6.07) is 16.9. The van der Waals surface area contributed by atoms with Gasteiger partial charge in [0, 0.05) is 19.5 Å². The number of unbranched alkanes of at least 4 members (excludes halogenated alkanes) is 1. The zero-order chi connectivity index (χ0) is 24.8. The van der Waals surface area contributed by atoms with Gasteiger partial charge in [0.1, 0.15) is 18.8 Å². The number of fused-ring (bicyclic) bond motifs is 1. The van der Waals surface area contributed by atoms with Gasteiger partial charge < -0.3 is 20.3 Å². The number of hydrogen-bond donors (Lipinski definition) is 1. The molecule has 0 saturated carbocycles. The number of piperazine rings is 1. The number of nitrogens with zero attached hydrogens (tertiary/aromatic N) is 3. The Morgan fingerprint density at radius 3 is 2.54 bits per heavy atom. The molecule has 2 N–H and O–H groups in total. The molecule has 2 aromatic carbocycles. The quantitative estimate of drug-likeness (QED) is 0.589. The van der Waals surface area contributed by atoms with Gasteiger partial charge in [-0.15, -0.1) is 0 Å². The second kappa shape index (κ2) is 11.4. The summed E-state index contributed by atoms with van der Waals surface area (Å²) >= 11 is 0. The maximum absolute atomic E-state index is 13.5. The Morgan fingerprint density at radius 2 is 1.80 bits per heavy atom. The third-order valence-electron chi connectivity index (χ3n) is 6.85. The number of ether oxygens (including phenoxy) is 1. The highest BCUT2D eigenvalue weighted by molar-refractivity contribution is 5.90. The van der Waals surface area contributed by atoms with Crippen LogP contribution in [0.1, 0.15) is 42.4 Å². The van der Waals surface area contributed by atoms with E-state index in [0.717, 1.165) is 29.5 Å². The Kier molecular flexibility index (Phi) is 8.02. The lowest BCUT2D eigenvalue weighted by Crippen LogP contribution is -2.71. The fourth-order valence-corrected chi connectivity index (χ4v) is 4.89. The Balaban J connectivity index is 1.55. The molecule has 2 fully saturated rings. The van der Waals surface area contributed by atoms with Gasteiger partial charge in [-0.1, -0.05) is 54.6 Å². The van der Waals surface area contributed by atoms with Crippen LogP contribution in [0.25, 0.3) is 0 Å². The molecule has 35 heavy (non-hydrogen) atoms. The highest BCUT2D eigenvalue weighted by atomic mass is 16.6. The first-order chi connectivity index (χ1) is 17.0. The van der Waals surface area contributed by atoms with Crippen molar-refractivity contribution in [2.24, 2.45) is 5.73 Å². The summed E-state index contributed by atoms with van der Waals surface area (Å²) < 4.78 is 5.68. The molecule has 8 heteroatoms. The van der Waals surface area contributed by atoms with E-state index in [2.05, 4.69) is 0 Å². The van der Waals surface area contributed by atoms with Crippen LogP contribution in [0.15, 0.2) is 54.6 Å². The first-order valence-corrected chi connectivity index (χ1v) is 12.3. The van der Waals surface area contributed by atoms with Crippen molar-refractivity contribution in [3.05, 3.63) is 71.3 Å². The molecule has 8 nitrogen and oxygen atoms in total. The molecule has 0 aromatic heterocycles. The number of hydrogen-bond acceptors (Lipinski definition) is 5. The normalized spacial score (nSPS) is 20.1. The van der Waals surface area contributed by atoms with Crippen molar-refractivity contribution in [1.82, 2.24) is 14.7 Å². The Bertz CT molecular complexity index is 1040. The Labute approximate surface area is 206 Å². The van der Waals surface area contributed by atoms with Crippen LogP contribution in [0, 0.1) is 6.92 Å². The number of nitrogens with two attached hydrogens (primary N) is 1. The summed E-state index contributed by atoms with van der Waals surface area (Å²) in [6.45, 7) is 3.63. The number of benzene rings is 2. The molecule has 186 valence electrons. The number of aryl methyl sites for hydroxylation is 1. The Hall–Kier alpha value is -3.39. The predicted octanol–water partition coefficient (Wildman–Crippen LogP) is 3.03. The minimum absolute atomic E-state index is 0.0781. The van der Waals surface area contributed by atoms with Gasteiger partial charge >= 0.3 is 6.09 Å². The molecular formula is C27H34N4O4. The van der Waals surface area contributed by atoms with Crippen molar-refractivity contribution >= 4 is 17.9 Å². The molecule has 1 unspecified atom stereocenters. The molecule has 2 aliphatic rings. The van der Waals surface area contributed by atoms with Crippen molar-refractivity contribution in [3.8, 4) is 0 Å². The van der Waals surface area contributed by atoms with E-state index < -0.39 is 18.3 Å². The van der Waals surface area contributed by atoms with E-state index in [0.29, 0.717) is 19.5 Å². The topological polar surface area (TPSA) is 96.2 Å². The Morgan fingerprint density at radius 1 is 1.06 bits per heavy atom. The van der Waals surface area contributed by atoms with E-state index in [9.17, 15) is 14.4 Å². The smallest absolute Gasteiger partial charge is 0.411 e. The van der Waals surface area contributed by atoms with Crippen LogP contribution in [0.3, 0.4) is 0 Å². The zero-order valence-electron chi connectivity index (χ0n) is 20.3. The molecule has 2 heterocycles. The minimum Gasteiger partial charge on any atom is -0.444 e. The standard InChI is InChI=1S/C27H34N4O4/c1-20-9-5-6-12-22(20)19-35-27(34)30-16-14-25(32)31-23(13-7-8-15-28)26(33)29(18-24(30)31)17-21-10-3-2-4-11-21/h2-6,9-12,23-24H,7-8,13-19,28H2,1H3/t23-,24?/m0/s1. The molecule has 2 saturated heterocycles. The van der Waals surface area contributed by atoms with Gasteiger partial charge in [0.15, 0.2) is 0 Å². The highest BCUT2D eigenvalue weighted by Gasteiger charge is 2.48. The lowest BCUT2D eigenvalue weighted by Gasteiger charge is -2.52. The molecule has 2 aliphatic heterocycles. The van der Waals surface area contributed by atoms with Gasteiger partial charge in [-0.3, -0.25) is 14.5 Å². The third-order valence-corrected chi connectivity index (χ3v) is 6.85. The molecule has 2 atom stereocenters. The van der Waals surface area contributed by atoms with Gasteiger partial charge in [0.05, 0.1) is 6.54 Å². The number of carbonyl (C=O) groups excluding carboxylic acids is 3. The van der Waals surface area contributed by atoms with Crippen LogP contribution < -0.4 is 5.73 Å². The van der Waals surface area contributed by atoms with E-state index in [-0.39, 0.29) is 37.9 Å². The van der Waals surface area contributed by atoms with E-state index >= 15 is 0 Å². The van der Waals surface area contributed by atoms with Gasteiger partial charge in [-0.05, 0) is 49.4 Å². The van der Waals surface area contributed by atoms with Crippen molar-refractivity contribution in [3.63, 3.8) is 0 Å². The van der Waals surface area contributed by atoms with Crippen molar-refractivity contribution in [2.45, 2.75) is 58.0 Å². The van der Waals surface area contributed by atoms with Gasteiger partial charge in [-0.25, -0.2) is 4.79 Å². The van der Waals surface area contributed by atoms with E-state index in [1.165, 1.54) is 0 Å². The SMILES string of the molecule is Cc1ccccc1COC(=O)N1CCC(=O)N2C1CN(Cc1ccccc1)C(=O)[C@@H]2CCCCN. The molecular weight excluding hydrogens is 444 g/mol. The molecule has 0 bridgehead atoms. The summed E-state index contributed by atoms with van der Waals surface area (Å²) in [5.41, 5.74) is 8.67. The molecule has 2 aromatic rings. The van der Waals surface area contributed by atoms with Crippen molar-refractivity contribution in [1.29, 1.82) is 0 Å². The van der Waals surface area contributed by atoms with Crippen LogP contribution in [-0.2, 0) is 27.5 Å². The molecule has 0 radical (unpaired) electrons. The van der Waals surface area contributed by atoms with Crippen molar-refractivity contribution in [2.75, 3.05) is 19.6 Å². The fourth-order valence-electron chi connectivity index (χ4n) is 4.89. The van der Waals surface area contributed by atoms with E-state index in [1.54, 1.807) is 14.7 Å². The van der Waals surface area contributed by atoms with Crippen LogP contribution in [-0.4, -0.2) is 64.4 Å². The largest absolute Gasteiger partial charge is 0.444 e. The second-order valence-electron chi connectivity index (χ2n) is 9.21. The van der Waals surface area contributed by atoms with Gasteiger partial charge in [-0.2, -0.15) is 0 Å². The molecule has 4 rings (SSSR count). The van der Waals surface area contributed by atoms with Gasteiger partial charge in [0.2, 0.25) is 11.8 Å². The zero-order valence-corrected chi connectivity index (χ0v) is 20.3. The first-order valence-electron chi connectivity index (χ1n) is 12.3. The summed E-state index contributed by atoms with van der Waals surface area (Å²) in [6.07, 6.45) is 1.19. The summed E-state index contributed by atoms with van der Waals surface area (Å²) in [4.78, 5) is 44.7. The second-order valence-corrected chi connectivity index (χ2v) is 9.21. The third kappa shape index (κ3) is 5.65. The lowest BCUT2D eigenvalue weighted by molar-refractivity contribution is -0.169. The van der Waals surface area contributed by atoms with Crippen LogP contribution in [0.2, 0.25) is 0 Å². The highest BCUT2D eigenvalue weighted by Crippen LogP contribution is 2.29. The number of carbonyl (C=O) groups is 3. The first kappa shape index (κ1) is 24.7. The molecule has 0 spiro atoms. The van der Waals surface area contributed by atoms with Crippen LogP contribution >= 0.6 is 0 Å². The number of rotatable bonds is 8. The lowest BCUT2D eigenvalue weighted by atomic mass is 9.98. The molecule has 3 amide bonds. The van der Waals surface area contributed by atoms with E-state index in [4.69, 9.17) is 10.5 Å². The summed E-state index contributed by atoms with van der Waals surface area (Å²) in [7, 11) is 0. The van der Waals surface area contributed by atoms with Crippen LogP contribution in [0.4, 0.5) is 4.79 Å². The molecule has 0 aliphatic carbocycles. The van der Waals surface area contributed by atoms with E-state index in [1.807, 2.05) is 61.5 Å². The summed E-state index contributed by atoms with van der Waals surface area (Å²) in [5.74, 6) is -0.172. The van der Waals surface area contributed by atoms with Crippen LogP contribution in [0.5, 0.6) is 0 Å². The fraction of sp³-hybridized carbons (Fsp3) is 0.444. The minimum atomic E-state index is -0.608.